The fourth-order valence-corrected chi connectivity index (χ4v) is 4.91. The third kappa shape index (κ3) is 7.38. The number of aryl methyl sites for hydroxylation is 1. The molecule has 0 spiro atoms. The molecule has 0 aliphatic carbocycles. The minimum Gasteiger partial charge on any atom is -0.497 e. The van der Waals surface area contributed by atoms with Crippen molar-refractivity contribution < 1.29 is 9.53 Å². The lowest BCUT2D eigenvalue weighted by Gasteiger charge is -2.21. The van der Waals surface area contributed by atoms with Crippen LogP contribution in [0.5, 0.6) is 5.75 Å². The molecule has 3 rings (SSSR count). The van der Waals surface area contributed by atoms with Crippen LogP contribution in [0.25, 0.3) is 10.2 Å². The molecule has 168 valence electrons. The molecule has 1 aromatic heterocycles. The van der Waals surface area contributed by atoms with E-state index in [1.54, 1.807) is 30.2 Å². The number of fused-ring (bicyclic) bond motifs is 1. The van der Waals surface area contributed by atoms with Crippen LogP contribution in [0.4, 0.5) is 5.13 Å². The molecule has 0 bridgehead atoms. The number of hydrogen-bond donors (Lipinski definition) is 0. The summed E-state index contributed by atoms with van der Waals surface area (Å²) in [5.41, 5.74) is 2.14. The second-order valence-electron chi connectivity index (χ2n) is 7.44. The van der Waals surface area contributed by atoms with Crippen molar-refractivity contribution in [1.82, 2.24) is 9.88 Å². The molecule has 1 amide bonds. The van der Waals surface area contributed by atoms with Crippen molar-refractivity contribution in [3.8, 4) is 5.75 Å². The number of hydrogen-bond acceptors (Lipinski definition) is 6. The monoisotopic (exact) mass is 479 g/mol. The van der Waals surface area contributed by atoms with E-state index < -0.39 is 0 Å². The third-order valence-electron chi connectivity index (χ3n) is 4.71. The standard InChI is InChI=1S/C23H29N3O2S2.ClH/c1-17-6-9-19(10-7-17)29-15-12-22(27)26(14-5-13-25(2)3)23-24-20-11-8-18(28-4)16-21(20)30-23;/h6-11,16H,5,12-15H2,1-4H3;1H. The summed E-state index contributed by atoms with van der Waals surface area (Å²) in [5.74, 6) is 1.68. The van der Waals surface area contributed by atoms with Crippen molar-refractivity contribution in [3.05, 3.63) is 48.0 Å². The van der Waals surface area contributed by atoms with Crippen LogP contribution in [0.2, 0.25) is 0 Å². The second-order valence-corrected chi connectivity index (χ2v) is 9.62. The number of benzene rings is 2. The minimum atomic E-state index is 0. The first-order chi connectivity index (χ1) is 14.5. The summed E-state index contributed by atoms with van der Waals surface area (Å²) in [4.78, 5) is 23.0. The van der Waals surface area contributed by atoms with E-state index >= 15 is 0 Å². The quantitative estimate of drug-likeness (QED) is 0.359. The fourth-order valence-electron chi connectivity index (χ4n) is 3.03. The van der Waals surface area contributed by atoms with Crippen LogP contribution in [0, 0.1) is 6.92 Å². The molecule has 3 aromatic rings. The first-order valence-corrected chi connectivity index (χ1v) is 11.9. The highest BCUT2D eigenvalue weighted by Gasteiger charge is 2.19. The number of methoxy groups -OCH3 is 1. The van der Waals surface area contributed by atoms with E-state index in [0.717, 1.165) is 39.8 Å². The Bertz CT molecular complexity index is 977. The van der Waals surface area contributed by atoms with Crippen LogP contribution < -0.4 is 9.64 Å². The third-order valence-corrected chi connectivity index (χ3v) is 6.76. The van der Waals surface area contributed by atoms with Gasteiger partial charge in [0.05, 0.1) is 17.3 Å². The van der Waals surface area contributed by atoms with Crippen LogP contribution in [-0.4, -0.2) is 55.8 Å². The van der Waals surface area contributed by atoms with Gasteiger partial charge in [0.25, 0.3) is 0 Å². The number of carbonyl (C=O) groups excluding carboxylic acids is 1. The Hall–Kier alpha value is -1.80. The number of aromatic nitrogens is 1. The lowest BCUT2D eigenvalue weighted by atomic mass is 10.2. The Labute approximate surface area is 199 Å². The number of ether oxygens (including phenoxy) is 1. The molecule has 1 heterocycles. The zero-order valence-corrected chi connectivity index (χ0v) is 20.9. The van der Waals surface area contributed by atoms with E-state index in [4.69, 9.17) is 9.72 Å². The topological polar surface area (TPSA) is 45.7 Å². The maximum absolute atomic E-state index is 13.1. The average Bonchev–Trinajstić information content (AvgIpc) is 3.15. The maximum Gasteiger partial charge on any atom is 0.229 e. The van der Waals surface area contributed by atoms with Crippen LogP contribution >= 0.6 is 35.5 Å². The van der Waals surface area contributed by atoms with E-state index in [9.17, 15) is 4.79 Å². The summed E-state index contributed by atoms with van der Waals surface area (Å²) in [7, 11) is 5.76. The predicted octanol–water partition coefficient (Wildman–Crippen LogP) is 5.50. The number of thiazole rings is 1. The molecule has 5 nitrogen and oxygen atoms in total. The number of anilines is 1. The van der Waals surface area contributed by atoms with E-state index in [1.807, 2.05) is 37.2 Å². The van der Waals surface area contributed by atoms with Crippen molar-refractivity contribution in [1.29, 1.82) is 0 Å². The molecule has 0 N–H and O–H groups in total. The summed E-state index contributed by atoms with van der Waals surface area (Å²) in [6.45, 7) is 3.68. The van der Waals surface area contributed by atoms with Crippen molar-refractivity contribution in [2.75, 3.05) is 44.9 Å². The molecule has 31 heavy (non-hydrogen) atoms. The van der Waals surface area contributed by atoms with Crippen molar-refractivity contribution in [2.45, 2.75) is 24.7 Å². The molecule has 0 aliphatic heterocycles. The number of amides is 1. The minimum absolute atomic E-state index is 0. The van der Waals surface area contributed by atoms with Gasteiger partial charge in [-0.3, -0.25) is 9.69 Å². The molecule has 0 saturated carbocycles. The fraction of sp³-hybridized carbons (Fsp3) is 0.391. The number of carbonyl (C=O) groups is 1. The first-order valence-electron chi connectivity index (χ1n) is 10.1. The van der Waals surface area contributed by atoms with E-state index in [1.165, 1.54) is 10.5 Å². The molecule has 0 fully saturated rings. The molecule has 2 aromatic carbocycles. The first kappa shape index (κ1) is 25.5. The van der Waals surface area contributed by atoms with Crippen molar-refractivity contribution >= 4 is 56.8 Å². The Morgan fingerprint density at radius 3 is 2.55 bits per heavy atom. The maximum atomic E-state index is 13.1. The molecule has 0 atom stereocenters. The molecule has 8 heteroatoms. The van der Waals surface area contributed by atoms with Gasteiger partial charge >= 0.3 is 0 Å². The van der Waals surface area contributed by atoms with Gasteiger partial charge in [0.1, 0.15) is 5.75 Å². The van der Waals surface area contributed by atoms with E-state index in [-0.39, 0.29) is 18.3 Å². The van der Waals surface area contributed by atoms with Gasteiger partial charge in [0, 0.05) is 23.6 Å². The summed E-state index contributed by atoms with van der Waals surface area (Å²) < 4.78 is 6.35. The smallest absolute Gasteiger partial charge is 0.229 e. The molecular weight excluding hydrogens is 450 g/mol. The summed E-state index contributed by atoms with van der Waals surface area (Å²) in [5, 5.41) is 0.766. The van der Waals surface area contributed by atoms with Gasteiger partial charge in [-0.1, -0.05) is 29.0 Å². The number of nitrogens with zero attached hydrogens (tertiary/aromatic N) is 3. The molecular formula is C23H30ClN3O2S2. The highest BCUT2D eigenvalue weighted by molar-refractivity contribution is 7.99. The zero-order valence-electron chi connectivity index (χ0n) is 18.5. The zero-order chi connectivity index (χ0) is 21.5. The Balaban J connectivity index is 0.00000341. The van der Waals surface area contributed by atoms with Gasteiger partial charge < -0.3 is 9.64 Å². The Morgan fingerprint density at radius 2 is 1.87 bits per heavy atom. The predicted molar refractivity (Wildman–Crippen MR) is 135 cm³/mol. The SMILES string of the molecule is COc1ccc2nc(N(CCCN(C)C)C(=O)CCSc3ccc(C)cc3)sc2c1.Cl. The normalized spacial score (nSPS) is 10.9. The lowest BCUT2D eigenvalue weighted by molar-refractivity contribution is -0.118. The number of rotatable bonds is 10. The molecule has 0 radical (unpaired) electrons. The molecule has 0 unspecified atom stereocenters. The van der Waals surface area contributed by atoms with Gasteiger partial charge in [0.15, 0.2) is 5.13 Å². The Kier molecular flexibility index (Phi) is 10.1. The van der Waals surface area contributed by atoms with Crippen LogP contribution in [0.15, 0.2) is 47.4 Å². The summed E-state index contributed by atoms with van der Waals surface area (Å²) >= 11 is 3.27. The molecule has 0 saturated heterocycles. The van der Waals surface area contributed by atoms with Crippen LogP contribution in [-0.2, 0) is 4.79 Å². The van der Waals surface area contributed by atoms with E-state index in [0.29, 0.717) is 13.0 Å². The average molecular weight is 480 g/mol. The van der Waals surface area contributed by atoms with Crippen LogP contribution in [0.3, 0.4) is 0 Å². The van der Waals surface area contributed by atoms with Crippen LogP contribution in [0.1, 0.15) is 18.4 Å². The van der Waals surface area contributed by atoms with Gasteiger partial charge in [-0.2, -0.15) is 0 Å². The van der Waals surface area contributed by atoms with Crippen molar-refractivity contribution in [2.24, 2.45) is 0 Å². The van der Waals surface area contributed by atoms with Gasteiger partial charge in [-0.05, 0) is 64.3 Å². The largest absolute Gasteiger partial charge is 0.497 e. The van der Waals surface area contributed by atoms with E-state index in [2.05, 4.69) is 36.1 Å². The summed E-state index contributed by atoms with van der Waals surface area (Å²) in [6.07, 6.45) is 1.39. The highest BCUT2D eigenvalue weighted by atomic mass is 35.5. The van der Waals surface area contributed by atoms with Gasteiger partial charge in [-0.15, -0.1) is 24.2 Å². The number of thioether (sulfide) groups is 1. The lowest BCUT2D eigenvalue weighted by Crippen LogP contribution is -2.33. The van der Waals surface area contributed by atoms with Crippen molar-refractivity contribution in [3.63, 3.8) is 0 Å². The second kappa shape index (κ2) is 12.3. The number of halogens is 1. The van der Waals surface area contributed by atoms with Gasteiger partial charge in [0.2, 0.25) is 5.91 Å². The Morgan fingerprint density at radius 1 is 1.13 bits per heavy atom. The van der Waals surface area contributed by atoms with Gasteiger partial charge in [-0.25, -0.2) is 4.98 Å². The molecule has 0 aliphatic rings. The highest BCUT2D eigenvalue weighted by Crippen LogP contribution is 2.32. The summed E-state index contributed by atoms with van der Waals surface area (Å²) in [6, 6.07) is 14.3.